The molecule has 0 saturated heterocycles. The molecule has 0 aromatic carbocycles. The zero-order valence-corrected chi connectivity index (χ0v) is 9.24. The van der Waals surface area contributed by atoms with Gasteiger partial charge < -0.3 is 5.32 Å². The van der Waals surface area contributed by atoms with Gasteiger partial charge in [-0.3, -0.25) is 4.68 Å². The zero-order chi connectivity index (χ0) is 11.2. The molecule has 0 amide bonds. The van der Waals surface area contributed by atoms with E-state index < -0.39 is 0 Å². The standard InChI is InChI=1S/C11H15N5/c1-10(8-16-4-2-3-15-16)14-7-11-5-12-9-13-6-11/h2-6,9-10,14H,7-8H2,1H3. The van der Waals surface area contributed by atoms with Crippen molar-refractivity contribution in [2.75, 3.05) is 0 Å². The Kier molecular flexibility index (Phi) is 3.61. The maximum Gasteiger partial charge on any atom is 0.115 e. The van der Waals surface area contributed by atoms with Gasteiger partial charge >= 0.3 is 0 Å². The Morgan fingerprint density at radius 1 is 1.38 bits per heavy atom. The summed E-state index contributed by atoms with van der Waals surface area (Å²) in [5, 5.41) is 7.56. The van der Waals surface area contributed by atoms with E-state index in [1.54, 1.807) is 6.20 Å². The molecule has 2 heterocycles. The predicted octanol–water partition coefficient (Wildman–Crippen LogP) is 0.851. The first kappa shape index (κ1) is 10.8. The lowest BCUT2D eigenvalue weighted by Crippen LogP contribution is -2.30. The molecule has 0 aliphatic rings. The molecule has 0 fully saturated rings. The first-order valence-electron chi connectivity index (χ1n) is 5.29. The average Bonchev–Trinajstić information content (AvgIpc) is 2.81. The van der Waals surface area contributed by atoms with Crippen molar-refractivity contribution >= 4 is 0 Å². The smallest absolute Gasteiger partial charge is 0.115 e. The Morgan fingerprint density at radius 2 is 2.19 bits per heavy atom. The summed E-state index contributed by atoms with van der Waals surface area (Å²) in [6.45, 7) is 3.77. The van der Waals surface area contributed by atoms with Gasteiger partial charge in [-0.1, -0.05) is 0 Å². The Bertz CT molecular complexity index is 398. The van der Waals surface area contributed by atoms with Crippen molar-refractivity contribution in [2.24, 2.45) is 0 Å². The third kappa shape index (κ3) is 3.13. The van der Waals surface area contributed by atoms with Crippen LogP contribution in [0.4, 0.5) is 0 Å². The van der Waals surface area contributed by atoms with Gasteiger partial charge in [-0.2, -0.15) is 5.10 Å². The molecule has 2 aromatic heterocycles. The fraction of sp³-hybridized carbons (Fsp3) is 0.364. The van der Waals surface area contributed by atoms with Crippen LogP contribution in [0.25, 0.3) is 0 Å². The van der Waals surface area contributed by atoms with Crippen molar-refractivity contribution in [1.82, 2.24) is 25.1 Å². The van der Waals surface area contributed by atoms with Crippen LogP contribution in [0.5, 0.6) is 0 Å². The monoisotopic (exact) mass is 217 g/mol. The Hall–Kier alpha value is -1.75. The van der Waals surface area contributed by atoms with E-state index in [1.807, 2.05) is 29.3 Å². The van der Waals surface area contributed by atoms with Crippen molar-refractivity contribution in [2.45, 2.75) is 26.1 Å². The second-order valence-electron chi connectivity index (χ2n) is 3.76. The lowest BCUT2D eigenvalue weighted by atomic mass is 10.3. The van der Waals surface area contributed by atoms with Gasteiger partial charge in [0.2, 0.25) is 0 Å². The average molecular weight is 217 g/mol. The van der Waals surface area contributed by atoms with Crippen LogP contribution in [-0.2, 0) is 13.1 Å². The van der Waals surface area contributed by atoms with Crippen molar-refractivity contribution < 1.29 is 0 Å². The molecule has 0 radical (unpaired) electrons. The summed E-state index contributed by atoms with van der Waals surface area (Å²) in [4.78, 5) is 7.94. The van der Waals surface area contributed by atoms with Crippen molar-refractivity contribution in [3.05, 3.63) is 42.7 Å². The van der Waals surface area contributed by atoms with E-state index in [0.29, 0.717) is 6.04 Å². The van der Waals surface area contributed by atoms with Gasteiger partial charge in [0.15, 0.2) is 0 Å². The number of hydrogen-bond donors (Lipinski definition) is 1. The van der Waals surface area contributed by atoms with Gasteiger partial charge in [0.25, 0.3) is 0 Å². The molecule has 0 aliphatic heterocycles. The Labute approximate surface area is 94.5 Å². The van der Waals surface area contributed by atoms with Gasteiger partial charge in [-0.25, -0.2) is 9.97 Å². The Balaban J connectivity index is 1.78. The molecular formula is C11H15N5. The number of nitrogens with zero attached hydrogens (tertiary/aromatic N) is 4. The van der Waals surface area contributed by atoms with E-state index in [1.165, 1.54) is 6.33 Å². The lowest BCUT2D eigenvalue weighted by molar-refractivity contribution is 0.450. The molecule has 2 aromatic rings. The minimum Gasteiger partial charge on any atom is -0.308 e. The van der Waals surface area contributed by atoms with Crippen LogP contribution in [0.3, 0.4) is 0 Å². The number of hydrogen-bond acceptors (Lipinski definition) is 4. The zero-order valence-electron chi connectivity index (χ0n) is 9.24. The SMILES string of the molecule is CC(Cn1cccn1)NCc1cncnc1. The van der Waals surface area contributed by atoms with E-state index in [9.17, 15) is 0 Å². The molecule has 1 unspecified atom stereocenters. The van der Waals surface area contributed by atoms with Gasteiger partial charge in [-0.15, -0.1) is 0 Å². The van der Waals surface area contributed by atoms with Gasteiger partial charge in [0.1, 0.15) is 6.33 Å². The van der Waals surface area contributed by atoms with Crippen LogP contribution in [0.2, 0.25) is 0 Å². The second kappa shape index (κ2) is 5.37. The largest absolute Gasteiger partial charge is 0.308 e. The lowest BCUT2D eigenvalue weighted by Gasteiger charge is -2.13. The maximum absolute atomic E-state index is 4.16. The summed E-state index contributed by atoms with van der Waals surface area (Å²) in [5.74, 6) is 0. The molecule has 0 saturated carbocycles. The molecule has 0 bridgehead atoms. The summed E-state index contributed by atoms with van der Waals surface area (Å²) < 4.78 is 1.92. The van der Waals surface area contributed by atoms with Crippen LogP contribution < -0.4 is 5.32 Å². The van der Waals surface area contributed by atoms with Gasteiger partial charge in [-0.05, 0) is 13.0 Å². The predicted molar refractivity (Wildman–Crippen MR) is 60.6 cm³/mol. The minimum atomic E-state index is 0.361. The van der Waals surface area contributed by atoms with E-state index in [4.69, 9.17) is 0 Å². The van der Waals surface area contributed by atoms with E-state index in [-0.39, 0.29) is 0 Å². The van der Waals surface area contributed by atoms with Crippen LogP contribution in [-0.4, -0.2) is 25.8 Å². The molecule has 5 heteroatoms. The van der Waals surface area contributed by atoms with Crippen LogP contribution in [0.15, 0.2) is 37.2 Å². The van der Waals surface area contributed by atoms with Crippen molar-refractivity contribution in [1.29, 1.82) is 0 Å². The third-order valence-electron chi connectivity index (χ3n) is 2.29. The number of aromatic nitrogens is 4. The fourth-order valence-corrected chi connectivity index (χ4v) is 1.47. The topological polar surface area (TPSA) is 55.6 Å². The maximum atomic E-state index is 4.16. The fourth-order valence-electron chi connectivity index (χ4n) is 1.47. The quantitative estimate of drug-likeness (QED) is 0.806. The highest BCUT2D eigenvalue weighted by atomic mass is 15.3. The normalized spacial score (nSPS) is 12.6. The molecule has 2 rings (SSSR count). The van der Waals surface area contributed by atoms with E-state index in [0.717, 1.165) is 18.7 Å². The molecule has 84 valence electrons. The molecule has 0 aliphatic carbocycles. The van der Waals surface area contributed by atoms with Crippen LogP contribution in [0, 0.1) is 0 Å². The second-order valence-corrected chi connectivity index (χ2v) is 3.76. The Morgan fingerprint density at radius 3 is 2.88 bits per heavy atom. The highest BCUT2D eigenvalue weighted by Crippen LogP contribution is 1.95. The molecule has 5 nitrogen and oxygen atoms in total. The molecule has 1 N–H and O–H groups in total. The first-order chi connectivity index (χ1) is 7.84. The van der Waals surface area contributed by atoms with Crippen molar-refractivity contribution in [3.8, 4) is 0 Å². The summed E-state index contributed by atoms with van der Waals surface area (Å²) in [7, 11) is 0. The highest BCUT2D eigenvalue weighted by Gasteiger charge is 2.02. The highest BCUT2D eigenvalue weighted by molar-refractivity contribution is 5.01. The number of nitrogens with one attached hydrogen (secondary N) is 1. The third-order valence-corrected chi connectivity index (χ3v) is 2.29. The minimum absolute atomic E-state index is 0.361. The van der Waals surface area contributed by atoms with Crippen LogP contribution in [0.1, 0.15) is 12.5 Å². The molecule has 16 heavy (non-hydrogen) atoms. The summed E-state index contributed by atoms with van der Waals surface area (Å²) in [5.41, 5.74) is 1.09. The summed E-state index contributed by atoms with van der Waals surface area (Å²) in [6, 6.07) is 2.29. The van der Waals surface area contributed by atoms with Crippen molar-refractivity contribution in [3.63, 3.8) is 0 Å². The first-order valence-corrected chi connectivity index (χ1v) is 5.29. The molecule has 1 atom stereocenters. The van der Waals surface area contributed by atoms with E-state index in [2.05, 4.69) is 27.3 Å². The summed E-state index contributed by atoms with van der Waals surface area (Å²) in [6.07, 6.45) is 8.93. The molecule has 0 spiro atoms. The van der Waals surface area contributed by atoms with Gasteiger partial charge in [0.05, 0.1) is 6.54 Å². The van der Waals surface area contributed by atoms with E-state index >= 15 is 0 Å². The van der Waals surface area contributed by atoms with Crippen LogP contribution >= 0.6 is 0 Å². The number of rotatable bonds is 5. The van der Waals surface area contributed by atoms with Gasteiger partial charge in [0, 0.05) is 42.9 Å². The summed E-state index contributed by atoms with van der Waals surface area (Å²) >= 11 is 0. The molecular weight excluding hydrogens is 202 g/mol.